The van der Waals surface area contributed by atoms with Gasteiger partial charge in [0, 0.05) is 18.0 Å². The topological polar surface area (TPSA) is 49.5 Å². The van der Waals surface area contributed by atoms with Crippen LogP contribution in [0.4, 0.5) is 22.0 Å². The van der Waals surface area contributed by atoms with Gasteiger partial charge in [-0.2, -0.15) is 0 Å². The molecule has 0 heterocycles. The molecule has 2 atom stereocenters. The summed E-state index contributed by atoms with van der Waals surface area (Å²) in [4.78, 5) is 1.93. The van der Waals surface area contributed by atoms with Crippen molar-refractivity contribution in [1.82, 2.24) is 4.90 Å². The van der Waals surface area contributed by atoms with Crippen LogP contribution in [0.25, 0.3) is 0 Å². The van der Waals surface area contributed by atoms with Crippen molar-refractivity contribution < 1.29 is 27.1 Å². The van der Waals surface area contributed by atoms with Crippen molar-refractivity contribution in [3.63, 3.8) is 0 Å². The Morgan fingerprint density at radius 3 is 1.87 bits per heavy atom. The average Bonchev–Trinajstić information content (AvgIpc) is 3.04. The van der Waals surface area contributed by atoms with Crippen LogP contribution in [-0.2, 0) is 12.8 Å². The predicted molar refractivity (Wildman–Crippen MR) is 190 cm³/mol. The molecule has 0 aliphatic carbocycles. The molecule has 1 unspecified atom stereocenters. The highest BCUT2D eigenvalue weighted by Gasteiger charge is 2.20. The van der Waals surface area contributed by atoms with Gasteiger partial charge in [-0.3, -0.25) is 9.29 Å². The van der Waals surface area contributed by atoms with E-state index in [2.05, 4.69) is 46.9 Å². The highest BCUT2D eigenvalue weighted by atomic mass is 19.3. The highest BCUT2D eigenvalue weighted by Crippen LogP contribution is 2.33. The first-order valence-corrected chi connectivity index (χ1v) is 16.1. The molecule has 266 valence electrons. The minimum atomic E-state index is -2.75. The van der Waals surface area contributed by atoms with Crippen molar-refractivity contribution in [2.45, 2.75) is 99.1 Å². The van der Waals surface area contributed by atoms with E-state index in [0.717, 1.165) is 23.7 Å². The van der Waals surface area contributed by atoms with Gasteiger partial charge in [-0.25, -0.2) is 17.6 Å². The fourth-order valence-corrected chi connectivity index (χ4v) is 3.92. The van der Waals surface area contributed by atoms with Crippen LogP contribution in [0.5, 0.6) is 0 Å². The Morgan fingerprint density at radius 2 is 1.43 bits per heavy atom. The Hall–Kier alpha value is -3.23. The van der Waals surface area contributed by atoms with E-state index in [1.165, 1.54) is 43.7 Å². The van der Waals surface area contributed by atoms with Gasteiger partial charge >= 0.3 is 0 Å². The number of alkyl halides is 3. The van der Waals surface area contributed by atoms with Gasteiger partial charge in [-0.1, -0.05) is 103 Å². The van der Waals surface area contributed by atoms with Crippen LogP contribution in [0.3, 0.4) is 0 Å². The second-order valence-corrected chi connectivity index (χ2v) is 12.2. The molecule has 0 amide bonds. The molecule has 3 aromatic carbocycles. The molecule has 3 N–H and O–H groups in total. The lowest BCUT2D eigenvalue weighted by atomic mass is 9.84. The summed E-state index contributed by atoms with van der Waals surface area (Å²) in [7, 11) is 2.43. The van der Waals surface area contributed by atoms with Crippen LogP contribution in [0, 0.1) is 17.0 Å². The Labute approximate surface area is 281 Å². The number of unbranched alkanes of at least 4 members (excludes halogenated alkanes) is 1. The quantitative estimate of drug-likeness (QED) is 0.167. The number of halogens is 5. The molecule has 0 aromatic heterocycles. The van der Waals surface area contributed by atoms with Crippen molar-refractivity contribution in [2.24, 2.45) is 11.1 Å². The lowest BCUT2D eigenvalue weighted by molar-refractivity contribution is 0.0377. The number of hydrogen-bond acceptors (Lipinski definition) is 3. The second kappa shape index (κ2) is 25.8. The Kier molecular flexibility index (Phi) is 25.2. The van der Waals surface area contributed by atoms with Crippen molar-refractivity contribution >= 4 is 0 Å². The zero-order valence-corrected chi connectivity index (χ0v) is 30.0. The minimum Gasteiger partial charge on any atom is -0.405 e. The highest BCUT2D eigenvalue weighted by molar-refractivity contribution is 5.39. The molecule has 0 radical (unpaired) electrons. The average molecular weight is 667 g/mol. The lowest BCUT2D eigenvalue weighted by Gasteiger charge is -2.20. The molecule has 0 fully saturated rings. The Morgan fingerprint density at radius 1 is 0.894 bits per heavy atom. The van der Waals surface area contributed by atoms with E-state index >= 15 is 0 Å². The normalized spacial score (nSPS) is 11.8. The maximum Gasteiger partial charge on any atom is 0.263 e. The SMILES string of the molecule is C=CN.CCC(C)(C)C.CCCCN(C)C(C)O.CCc1cc([C@H](Cc2ccccc2)c2cc(F)cc(C(F)F)c2)ccc1F.CF. The van der Waals surface area contributed by atoms with E-state index in [1.807, 2.05) is 49.2 Å². The second-order valence-electron chi connectivity index (χ2n) is 12.2. The summed E-state index contributed by atoms with van der Waals surface area (Å²) in [6.45, 7) is 18.9. The van der Waals surface area contributed by atoms with E-state index in [9.17, 15) is 22.0 Å². The third kappa shape index (κ3) is 20.6. The molecule has 0 spiro atoms. The largest absolute Gasteiger partial charge is 0.405 e. The molecule has 8 heteroatoms. The van der Waals surface area contributed by atoms with Crippen molar-refractivity contribution in [3.05, 3.63) is 119 Å². The Balaban J connectivity index is 0. The summed E-state index contributed by atoms with van der Waals surface area (Å²) in [5.74, 6) is -1.35. The van der Waals surface area contributed by atoms with Crippen LogP contribution in [0.15, 0.2) is 79.5 Å². The molecule has 0 saturated carbocycles. The minimum absolute atomic E-state index is 0.295. The van der Waals surface area contributed by atoms with Crippen molar-refractivity contribution in [3.8, 4) is 0 Å². The van der Waals surface area contributed by atoms with E-state index in [-0.39, 0.29) is 23.5 Å². The first-order valence-electron chi connectivity index (χ1n) is 16.1. The maximum atomic E-state index is 14.0. The first kappa shape index (κ1) is 45.9. The van der Waals surface area contributed by atoms with Crippen molar-refractivity contribution in [1.29, 1.82) is 0 Å². The van der Waals surface area contributed by atoms with Crippen molar-refractivity contribution in [2.75, 3.05) is 20.8 Å². The van der Waals surface area contributed by atoms with Gasteiger partial charge in [0.05, 0.1) is 7.18 Å². The molecule has 3 nitrogen and oxygen atoms in total. The van der Waals surface area contributed by atoms with E-state index in [0.29, 0.717) is 36.6 Å². The molecule has 47 heavy (non-hydrogen) atoms. The number of hydrogen-bond donors (Lipinski definition) is 2. The van der Waals surface area contributed by atoms with Gasteiger partial charge in [0.15, 0.2) is 0 Å². The molecular formula is C39H59F5N2O. The van der Waals surface area contributed by atoms with E-state index in [1.54, 1.807) is 19.1 Å². The monoisotopic (exact) mass is 666 g/mol. The summed E-state index contributed by atoms with van der Waals surface area (Å²) < 4.78 is 63.8. The zero-order valence-electron chi connectivity index (χ0n) is 30.0. The first-order chi connectivity index (χ1) is 22.1. The van der Waals surface area contributed by atoms with E-state index < -0.39 is 12.2 Å². The number of nitrogens with zero attached hydrogens (tertiary/aromatic N) is 1. The number of benzene rings is 3. The van der Waals surface area contributed by atoms with Gasteiger partial charge < -0.3 is 10.8 Å². The Bertz CT molecular complexity index is 1210. The standard InChI is InChI=1S/C23H20F4.C7H17NO.C6H14.C2H5N.CH3F/c1-2-16-11-17(8-9-22(16)25)21(10-15-6-4-3-5-7-15)18-12-19(23(26)27)14-20(24)13-18;1-4-5-6-8(3)7(2)9;1-5-6(2,3)4;1-2-3;1-2/h3-9,11-14,21,23H,2,10H2,1H3;7,9H,4-6H2,1-3H3;5H2,1-4H3;2H,1,3H2;1H3/t21-;;;;/m0..../s1. The smallest absolute Gasteiger partial charge is 0.263 e. The summed E-state index contributed by atoms with van der Waals surface area (Å²) in [5, 5.41) is 8.97. The van der Waals surface area contributed by atoms with Crippen LogP contribution in [-0.4, -0.2) is 37.0 Å². The molecular weight excluding hydrogens is 607 g/mol. The number of aliphatic hydroxyl groups is 1. The van der Waals surface area contributed by atoms with Crippen LogP contribution in [0.2, 0.25) is 0 Å². The maximum absolute atomic E-state index is 14.0. The number of aliphatic hydroxyl groups excluding tert-OH is 1. The van der Waals surface area contributed by atoms with Gasteiger partial charge in [0.25, 0.3) is 6.43 Å². The van der Waals surface area contributed by atoms with Crippen LogP contribution >= 0.6 is 0 Å². The van der Waals surface area contributed by atoms with Gasteiger partial charge in [-0.05, 0) is 91.4 Å². The lowest BCUT2D eigenvalue weighted by Crippen LogP contribution is -2.29. The van der Waals surface area contributed by atoms with Gasteiger partial charge in [-0.15, -0.1) is 0 Å². The molecule has 0 aliphatic heterocycles. The molecule has 0 saturated heterocycles. The third-order valence-electron chi connectivity index (χ3n) is 7.30. The number of aryl methyl sites for hydroxylation is 1. The summed E-state index contributed by atoms with van der Waals surface area (Å²) in [5.41, 5.74) is 7.59. The summed E-state index contributed by atoms with van der Waals surface area (Å²) in [6, 6.07) is 17.8. The van der Waals surface area contributed by atoms with Gasteiger partial charge in [0.1, 0.15) is 17.9 Å². The molecule has 0 aliphatic rings. The van der Waals surface area contributed by atoms with Crippen LogP contribution < -0.4 is 5.73 Å². The zero-order chi connectivity index (χ0) is 36.6. The number of rotatable bonds is 10. The van der Waals surface area contributed by atoms with E-state index in [4.69, 9.17) is 5.11 Å². The van der Waals surface area contributed by atoms with Gasteiger partial charge in [0.2, 0.25) is 0 Å². The predicted octanol–water partition coefficient (Wildman–Crippen LogP) is 11.0. The fraction of sp³-hybridized carbons (Fsp3) is 0.487. The fourth-order valence-electron chi connectivity index (χ4n) is 3.92. The molecule has 3 aromatic rings. The number of nitrogens with two attached hydrogens (primary N) is 1. The molecule has 0 bridgehead atoms. The molecule has 3 rings (SSSR count). The van der Waals surface area contributed by atoms with Crippen LogP contribution in [0.1, 0.15) is 108 Å². The third-order valence-corrected chi connectivity index (χ3v) is 7.30. The summed E-state index contributed by atoms with van der Waals surface area (Å²) in [6.07, 6.45) is 2.85. The summed E-state index contributed by atoms with van der Waals surface area (Å²) >= 11 is 0.